The van der Waals surface area contributed by atoms with E-state index in [1.54, 1.807) is 36.5 Å². The van der Waals surface area contributed by atoms with Crippen molar-refractivity contribution in [1.29, 1.82) is 5.26 Å². The third-order valence-corrected chi connectivity index (χ3v) is 8.14. The van der Waals surface area contributed by atoms with Gasteiger partial charge in [-0.1, -0.05) is 42.0 Å². The highest BCUT2D eigenvalue weighted by Crippen LogP contribution is 2.26. The van der Waals surface area contributed by atoms with E-state index in [-0.39, 0.29) is 10.5 Å². The van der Waals surface area contributed by atoms with E-state index < -0.39 is 20.3 Å². The van der Waals surface area contributed by atoms with Crippen molar-refractivity contribution in [3.63, 3.8) is 0 Å². The van der Waals surface area contributed by atoms with Crippen LogP contribution < -0.4 is 15.4 Å². The number of hydrogen-bond donors (Lipinski definition) is 0. The van der Waals surface area contributed by atoms with Crippen LogP contribution in [0.1, 0.15) is 11.1 Å². The molecule has 4 aromatic rings. The predicted octanol–water partition coefficient (Wildman–Crippen LogP) is 3.67. The molecule has 3 heterocycles. The molecule has 0 bridgehead atoms. The van der Waals surface area contributed by atoms with E-state index in [0.29, 0.717) is 37.6 Å². The number of aryl methyl sites for hydroxylation is 1. The number of hydrogen-bond acceptors (Lipinski definition) is 7. The van der Waals surface area contributed by atoms with Crippen LogP contribution in [0.25, 0.3) is 11.7 Å². The number of rotatable bonds is 5. The zero-order valence-electron chi connectivity index (χ0n) is 20.3. The van der Waals surface area contributed by atoms with Crippen LogP contribution in [0.3, 0.4) is 0 Å². The largest absolute Gasteiger partial charge is 0.368 e. The van der Waals surface area contributed by atoms with Crippen LogP contribution in [0, 0.1) is 18.3 Å². The molecule has 0 atom stereocenters. The molecular weight excluding hydrogens is 486 g/mol. The van der Waals surface area contributed by atoms with Crippen LogP contribution in [0.15, 0.2) is 93.6 Å². The van der Waals surface area contributed by atoms with E-state index in [9.17, 15) is 18.5 Å². The molecule has 9 heteroatoms. The van der Waals surface area contributed by atoms with Gasteiger partial charge in [-0.3, -0.25) is 9.20 Å². The number of aromatic nitrogens is 2. The standard InChI is InChI=1S/C28H25N5O3S/c1-21-10-12-23(13-11-21)37(35,36)24(20-29)19-25-27(30-26-9-5-6-14-33(26)28(25)34)32-17-15-31(16-18-32)22-7-3-2-4-8-22/h2-14,19H,15-18H2,1H3. The Morgan fingerprint density at radius 2 is 1.57 bits per heavy atom. The third-order valence-electron chi connectivity index (χ3n) is 6.46. The minimum atomic E-state index is -4.13. The predicted molar refractivity (Wildman–Crippen MR) is 144 cm³/mol. The molecule has 0 spiro atoms. The number of nitriles is 1. The summed E-state index contributed by atoms with van der Waals surface area (Å²) in [6.45, 7) is 4.42. The summed E-state index contributed by atoms with van der Waals surface area (Å²) in [6, 6.07) is 23.4. The van der Waals surface area contributed by atoms with E-state index in [4.69, 9.17) is 4.98 Å². The maximum atomic E-state index is 13.6. The maximum Gasteiger partial charge on any atom is 0.267 e. The van der Waals surface area contributed by atoms with Gasteiger partial charge in [0, 0.05) is 38.1 Å². The molecule has 0 N–H and O–H groups in total. The Morgan fingerprint density at radius 1 is 0.919 bits per heavy atom. The lowest BCUT2D eigenvalue weighted by molar-refractivity contribution is 0.603. The number of benzene rings is 2. The minimum Gasteiger partial charge on any atom is -0.368 e. The lowest BCUT2D eigenvalue weighted by Crippen LogP contribution is -2.47. The molecule has 186 valence electrons. The Labute approximate surface area is 215 Å². The van der Waals surface area contributed by atoms with Gasteiger partial charge in [0.15, 0.2) is 0 Å². The van der Waals surface area contributed by atoms with Gasteiger partial charge < -0.3 is 9.80 Å². The van der Waals surface area contributed by atoms with Crippen LogP contribution in [0.5, 0.6) is 0 Å². The number of sulfone groups is 1. The molecule has 0 aliphatic carbocycles. The Kier molecular flexibility index (Phi) is 6.51. The first-order valence-electron chi connectivity index (χ1n) is 11.9. The molecule has 8 nitrogen and oxygen atoms in total. The molecule has 37 heavy (non-hydrogen) atoms. The van der Waals surface area contributed by atoms with Gasteiger partial charge in [0.05, 0.1) is 10.5 Å². The van der Waals surface area contributed by atoms with E-state index in [2.05, 4.69) is 17.0 Å². The topological polar surface area (TPSA) is 98.8 Å². The van der Waals surface area contributed by atoms with E-state index in [1.165, 1.54) is 22.6 Å². The molecule has 0 amide bonds. The van der Waals surface area contributed by atoms with Gasteiger partial charge in [-0.15, -0.1) is 0 Å². The van der Waals surface area contributed by atoms with Crippen molar-refractivity contribution in [3.05, 3.63) is 105 Å². The molecule has 0 radical (unpaired) electrons. The molecular formula is C28H25N5O3S. The molecule has 1 saturated heterocycles. The molecule has 2 aromatic carbocycles. The summed E-state index contributed by atoms with van der Waals surface area (Å²) in [5, 5.41) is 9.86. The lowest BCUT2D eigenvalue weighted by atomic mass is 10.2. The van der Waals surface area contributed by atoms with Crippen LogP contribution in [-0.4, -0.2) is 44.0 Å². The SMILES string of the molecule is Cc1ccc(S(=O)(=O)C(C#N)=Cc2c(N3CCN(c4ccccc4)CC3)nc3ccccn3c2=O)cc1. The maximum absolute atomic E-state index is 13.6. The number of piperazine rings is 1. The molecule has 1 aliphatic heterocycles. The first-order valence-corrected chi connectivity index (χ1v) is 13.4. The van der Waals surface area contributed by atoms with Crippen LogP contribution in [-0.2, 0) is 9.84 Å². The molecule has 1 aliphatic rings. The average molecular weight is 512 g/mol. The zero-order chi connectivity index (χ0) is 26.0. The van der Waals surface area contributed by atoms with Crippen LogP contribution >= 0.6 is 0 Å². The van der Waals surface area contributed by atoms with Gasteiger partial charge in [0.25, 0.3) is 5.56 Å². The van der Waals surface area contributed by atoms with Crippen LogP contribution in [0.2, 0.25) is 0 Å². The van der Waals surface area contributed by atoms with E-state index in [0.717, 1.165) is 11.3 Å². The molecule has 5 rings (SSSR count). The highest BCUT2D eigenvalue weighted by Gasteiger charge is 2.26. The quantitative estimate of drug-likeness (QED) is 0.377. The second kappa shape index (κ2) is 9.91. The molecule has 0 saturated carbocycles. The Hall–Kier alpha value is -4.42. The smallest absolute Gasteiger partial charge is 0.267 e. The summed E-state index contributed by atoms with van der Waals surface area (Å²) in [5.41, 5.74) is 2.10. The average Bonchev–Trinajstić information content (AvgIpc) is 2.93. The van der Waals surface area contributed by atoms with Crippen molar-refractivity contribution in [1.82, 2.24) is 9.38 Å². The first kappa shape index (κ1) is 24.3. The zero-order valence-corrected chi connectivity index (χ0v) is 21.1. The van der Waals surface area contributed by atoms with Crippen molar-refractivity contribution < 1.29 is 8.42 Å². The highest BCUT2D eigenvalue weighted by atomic mass is 32.2. The first-order chi connectivity index (χ1) is 17.9. The number of anilines is 2. The summed E-state index contributed by atoms with van der Waals surface area (Å²) in [6.07, 6.45) is 2.75. The fourth-order valence-electron chi connectivity index (χ4n) is 4.42. The number of nitrogens with zero attached hydrogens (tertiary/aromatic N) is 5. The summed E-state index contributed by atoms with van der Waals surface area (Å²) in [4.78, 5) is 22.0. The fraction of sp³-hybridized carbons (Fsp3) is 0.179. The van der Waals surface area contributed by atoms with Crippen LogP contribution in [0.4, 0.5) is 11.5 Å². The Balaban J connectivity index is 1.59. The lowest BCUT2D eigenvalue weighted by Gasteiger charge is -2.37. The number of para-hydroxylation sites is 1. The van der Waals surface area contributed by atoms with Gasteiger partial charge in [0.2, 0.25) is 9.84 Å². The highest BCUT2D eigenvalue weighted by molar-refractivity contribution is 7.95. The molecule has 0 unspecified atom stereocenters. The second-order valence-corrected chi connectivity index (χ2v) is 10.7. The number of pyridine rings is 1. The van der Waals surface area contributed by atoms with Gasteiger partial charge in [-0.2, -0.15) is 5.26 Å². The van der Waals surface area contributed by atoms with Crippen molar-refractivity contribution in [2.45, 2.75) is 11.8 Å². The number of fused-ring (bicyclic) bond motifs is 1. The summed E-state index contributed by atoms with van der Waals surface area (Å²) < 4.78 is 28.0. The minimum absolute atomic E-state index is 0.00206. The Bertz CT molecular complexity index is 1680. The third kappa shape index (κ3) is 4.71. The normalized spacial score (nSPS) is 14.5. The van der Waals surface area contributed by atoms with Gasteiger partial charge in [-0.05, 0) is 49.4 Å². The van der Waals surface area contributed by atoms with E-state index >= 15 is 0 Å². The summed E-state index contributed by atoms with van der Waals surface area (Å²) >= 11 is 0. The number of allylic oxidation sites excluding steroid dienone is 1. The van der Waals surface area contributed by atoms with Crippen molar-refractivity contribution in [2.75, 3.05) is 36.0 Å². The monoisotopic (exact) mass is 511 g/mol. The van der Waals surface area contributed by atoms with Gasteiger partial charge in [-0.25, -0.2) is 13.4 Å². The Morgan fingerprint density at radius 3 is 2.24 bits per heavy atom. The summed E-state index contributed by atoms with van der Waals surface area (Å²) in [5.74, 6) is 0.371. The fourth-order valence-corrected chi connectivity index (χ4v) is 5.56. The van der Waals surface area contributed by atoms with Gasteiger partial charge >= 0.3 is 0 Å². The molecule has 1 fully saturated rings. The van der Waals surface area contributed by atoms with Crippen molar-refractivity contribution in [2.24, 2.45) is 0 Å². The second-order valence-electron chi connectivity index (χ2n) is 8.83. The van der Waals surface area contributed by atoms with Gasteiger partial charge in [0.1, 0.15) is 22.4 Å². The summed E-state index contributed by atoms with van der Waals surface area (Å²) in [7, 11) is -4.13. The van der Waals surface area contributed by atoms with Crippen molar-refractivity contribution in [3.8, 4) is 6.07 Å². The molecule has 2 aromatic heterocycles. The van der Waals surface area contributed by atoms with Crippen molar-refractivity contribution >= 4 is 33.1 Å². The van der Waals surface area contributed by atoms with E-state index in [1.807, 2.05) is 36.1 Å².